The van der Waals surface area contributed by atoms with E-state index in [2.05, 4.69) is 0 Å². The van der Waals surface area contributed by atoms with Gasteiger partial charge >= 0.3 is 11.7 Å². The molecule has 10 heteroatoms. The Morgan fingerprint density at radius 2 is 2.12 bits per heavy atom. The average Bonchev–Trinajstić information content (AvgIpc) is 2.75. The van der Waals surface area contributed by atoms with Gasteiger partial charge in [-0.05, 0) is 43.3 Å². The van der Waals surface area contributed by atoms with Gasteiger partial charge in [-0.25, -0.2) is 0 Å². The van der Waals surface area contributed by atoms with Crippen LogP contribution >= 0.6 is 11.8 Å². The van der Waals surface area contributed by atoms with Gasteiger partial charge in [-0.15, -0.1) is 0 Å². The molecule has 0 saturated carbocycles. The van der Waals surface area contributed by atoms with E-state index in [0.717, 1.165) is 17.0 Å². The fourth-order valence-electron chi connectivity index (χ4n) is 1.99. The van der Waals surface area contributed by atoms with Crippen molar-refractivity contribution >= 4 is 40.6 Å². The molecule has 2 amide bonds. The Hall–Kier alpha value is -2.88. The fourth-order valence-corrected chi connectivity index (χ4v) is 2.83. The number of carbonyl (C=O) groups excluding carboxylic acids is 3. The van der Waals surface area contributed by atoms with Crippen LogP contribution in [0.2, 0.25) is 0 Å². The third kappa shape index (κ3) is 4.35. The summed E-state index contributed by atoms with van der Waals surface area (Å²) in [6, 6.07) is 3.56. The summed E-state index contributed by atoms with van der Waals surface area (Å²) in [4.78, 5) is 46.6. The predicted octanol–water partition coefficient (Wildman–Crippen LogP) is 2.29. The normalized spacial score (nSPS) is 16.0. The van der Waals surface area contributed by atoms with E-state index >= 15 is 0 Å². The second-order valence-corrected chi connectivity index (χ2v) is 6.30. The molecule has 25 heavy (non-hydrogen) atoms. The Bertz CT molecular complexity index is 788. The van der Waals surface area contributed by atoms with Crippen LogP contribution in [-0.2, 0) is 14.3 Å². The van der Waals surface area contributed by atoms with Crippen LogP contribution in [0, 0.1) is 10.1 Å². The van der Waals surface area contributed by atoms with Crippen molar-refractivity contribution in [2.24, 2.45) is 0 Å². The van der Waals surface area contributed by atoms with Crippen molar-refractivity contribution in [3.63, 3.8) is 0 Å². The molecular weight excluding hydrogens is 352 g/mol. The summed E-state index contributed by atoms with van der Waals surface area (Å²) in [5, 5.41) is 19.6. The zero-order valence-corrected chi connectivity index (χ0v) is 14.1. The Balaban J connectivity index is 2.21. The van der Waals surface area contributed by atoms with Gasteiger partial charge < -0.3 is 9.84 Å². The SMILES string of the molecule is CC(C)OC(=O)CN1C(=O)S/C(=C/c2ccc(O)c([N+](=O)[O-])c2)C1=O. The zero-order chi connectivity index (χ0) is 18.7. The summed E-state index contributed by atoms with van der Waals surface area (Å²) in [5.41, 5.74) is -0.256. The number of rotatable bonds is 5. The van der Waals surface area contributed by atoms with Gasteiger partial charge in [-0.3, -0.25) is 29.4 Å². The largest absolute Gasteiger partial charge is 0.502 e. The molecule has 1 N–H and O–H groups in total. The molecule has 1 saturated heterocycles. The maximum absolute atomic E-state index is 12.3. The van der Waals surface area contributed by atoms with Crippen LogP contribution in [-0.4, -0.2) is 44.7 Å². The number of thioether (sulfide) groups is 1. The number of ether oxygens (including phenoxy) is 1. The van der Waals surface area contributed by atoms with Gasteiger partial charge in [0.2, 0.25) is 0 Å². The van der Waals surface area contributed by atoms with E-state index in [1.165, 1.54) is 12.1 Å². The van der Waals surface area contributed by atoms with Gasteiger partial charge in [0.25, 0.3) is 11.1 Å². The smallest absolute Gasteiger partial charge is 0.326 e. The van der Waals surface area contributed by atoms with E-state index in [1.54, 1.807) is 13.8 Å². The number of nitro groups is 1. The van der Waals surface area contributed by atoms with Gasteiger partial charge in [-0.1, -0.05) is 6.07 Å². The molecule has 0 spiro atoms. The average molecular weight is 366 g/mol. The molecular formula is C15H14N2O7S. The Morgan fingerprint density at radius 3 is 2.72 bits per heavy atom. The second kappa shape index (κ2) is 7.34. The van der Waals surface area contributed by atoms with Crippen molar-refractivity contribution in [3.8, 4) is 5.75 Å². The molecule has 0 radical (unpaired) electrons. The molecule has 0 bridgehead atoms. The number of hydrogen-bond donors (Lipinski definition) is 1. The first-order valence-electron chi connectivity index (χ1n) is 7.11. The number of esters is 1. The quantitative estimate of drug-likeness (QED) is 0.364. The summed E-state index contributed by atoms with van der Waals surface area (Å²) in [5.74, 6) is -1.91. The lowest BCUT2D eigenvalue weighted by Crippen LogP contribution is -2.35. The van der Waals surface area contributed by atoms with Crippen LogP contribution in [0.25, 0.3) is 6.08 Å². The van der Waals surface area contributed by atoms with Crippen molar-refractivity contribution in [1.82, 2.24) is 4.90 Å². The van der Waals surface area contributed by atoms with E-state index in [0.29, 0.717) is 11.8 Å². The number of aromatic hydroxyl groups is 1. The number of phenols is 1. The topological polar surface area (TPSA) is 127 Å². The molecule has 0 atom stereocenters. The standard InChI is InChI=1S/C15H14N2O7S/c1-8(2)24-13(19)7-16-14(20)12(25-15(16)21)6-9-3-4-11(18)10(5-9)17(22)23/h3-6,8,18H,7H2,1-2H3/b12-6+. The number of amides is 2. The predicted molar refractivity (Wildman–Crippen MR) is 88.7 cm³/mol. The Kier molecular flexibility index (Phi) is 5.42. The fraction of sp³-hybridized carbons (Fsp3) is 0.267. The molecule has 132 valence electrons. The van der Waals surface area contributed by atoms with Crippen LogP contribution in [0.1, 0.15) is 19.4 Å². The summed E-state index contributed by atoms with van der Waals surface area (Å²) < 4.78 is 4.90. The van der Waals surface area contributed by atoms with Crippen LogP contribution in [0.15, 0.2) is 23.1 Å². The molecule has 0 aliphatic carbocycles. The van der Waals surface area contributed by atoms with Gasteiger partial charge in [0.1, 0.15) is 6.54 Å². The maximum atomic E-state index is 12.3. The highest BCUT2D eigenvalue weighted by Crippen LogP contribution is 2.34. The highest BCUT2D eigenvalue weighted by molar-refractivity contribution is 8.18. The van der Waals surface area contributed by atoms with Crippen molar-refractivity contribution in [3.05, 3.63) is 38.8 Å². The third-order valence-corrected chi connectivity index (χ3v) is 3.93. The second-order valence-electron chi connectivity index (χ2n) is 5.31. The van der Waals surface area contributed by atoms with Crippen LogP contribution in [0.5, 0.6) is 5.75 Å². The maximum Gasteiger partial charge on any atom is 0.326 e. The van der Waals surface area contributed by atoms with Gasteiger partial charge in [0.15, 0.2) is 5.75 Å². The molecule has 0 aromatic heterocycles. The van der Waals surface area contributed by atoms with E-state index in [1.807, 2.05) is 0 Å². The van der Waals surface area contributed by atoms with Crippen molar-refractivity contribution in [1.29, 1.82) is 0 Å². The highest BCUT2D eigenvalue weighted by atomic mass is 32.2. The number of carbonyl (C=O) groups is 3. The van der Waals surface area contributed by atoms with Gasteiger partial charge in [0.05, 0.1) is 15.9 Å². The van der Waals surface area contributed by atoms with Crippen molar-refractivity contribution < 1.29 is 29.2 Å². The molecule has 1 aliphatic rings. The minimum absolute atomic E-state index is 0.0161. The van der Waals surface area contributed by atoms with Crippen LogP contribution in [0.4, 0.5) is 10.5 Å². The zero-order valence-electron chi connectivity index (χ0n) is 13.3. The Morgan fingerprint density at radius 1 is 1.44 bits per heavy atom. The third-order valence-electron chi connectivity index (χ3n) is 3.02. The van der Waals surface area contributed by atoms with Crippen LogP contribution < -0.4 is 0 Å². The first-order valence-corrected chi connectivity index (χ1v) is 7.93. The molecule has 0 unspecified atom stereocenters. The molecule has 1 aliphatic heterocycles. The first-order chi connectivity index (χ1) is 11.7. The van der Waals surface area contributed by atoms with Crippen LogP contribution in [0.3, 0.4) is 0 Å². The van der Waals surface area contributed by atoms with E-state index in [4.69, 9.17) is 4.74 Å². The summed E-state index contributed by atoms with van der Waals surface area (Å²) in [6.45, 7) is 2.78. The number of imide groups is 1. The molecule has 1 aromatic rings. The lowest BCUT2D eigenvalue weighted by Gasteiger charge is -2.13. The summed E-state index contributed by atoms with van der Waals surface area (Å²) >= 11 is 0.614. The summed E-state index contributed by atoms with van der Waals surface area (Å²) in [6.07, 6.45) is 0.908. The number of hydrogen-bond acceptors (Lipinski definition) is 8. The van der Waals surface area contributed by atoms with Gasteiger partial charge in [0, 0.05) is 6.07 Å². The molecule has 1 fully saturated rings. The summed E-state index contributed by atoms with van der Waals surface area (Å²) in [7, 11) is 0. The molecule has 1 heterocycles. The van der Waals surface area contributed by atoms with Crippen molar-refractivity contribution in [2.75, 3.05) is 6.54 Å². The first kappa shape index (κ1) is 18.5. The number of nitro benzene ring substituents is 1. The lowest BCUT2D eigenvalue weighted by molar-refractivity contribution is -0.385. The Labute approximate surface area is 146 Å². The minimum atomic E-state index is -0.764. The highest BCUT2D eigenvalue weighted by Gasteiger charge is 2.36. The minimum Gasteiger partial charge on any atom is -0.502 e. The molecule has 1 aromatic carbocycles. The monoisotopic (exact) mass is 366 g/mol. The molecule has 2 rings (SSSR count). The van der Waals surface area contributed by atoms with E-state index in [9.17, 15) is 29.6 Å². The van der Waals surface area contributed by atoms with E-state index < -0.39 is 40.0 Å². The number of phenolic OH excluding ortho intramolecular Hbond substituents is 1. The number of benzene rings is 1. The van der Waals surface area contributed by atoms with Gasteiger partial charge in [-0.2, -0.15) is 0 Å². The molecule has 9 nitrogen and oxygen atoms in total. The lowest BCUT2D eigenvalue weighted by atomic mass is 10.1. The van der Waals surface area contributed by atoms with Crippen molar-refractivity contribution in [2.45, 2.75) is 20.0 Å². The van der Waals surface area contributed by atoms with E-state index in [-0.39, 0.29) is 16.6 Å². The number of nitrogens with zero attached hydrogens (tertiary/aromatic N) is 2.